The lowest BCUT2D eigenvalue weighted by atomic mass is 9.99. The van der Waals surface area contributed by atoms with E-state index >= 15 is 0 Å². The van der Waals surface area contributed by atoms with Crippen LogP contribution in [-0.2, 0) is 6.54 Å². The van der Waals surface area contributed by atoms with E-state index in [2.05, 4.69) is 28.8 Å². The first kappa shape index (κ1) is 23.8. The van der Waals surface area contributed by atoms with Crippen molar-refractivity contribution in [2.45, 2.75) is 59.2 Å². The third kappa shape index (κ3) is 4.17. The Morgan fingerprint density at radius 3 is 2.58 bits per heavy atom. The molecule has 1 aromatic carbocycles. The maximum absolute atomic E-state index is 14.8. The zero-order valence-electron chi connectivity index (χ0n) is 20.0. The summed E-state index contributed by atoms with van der Waals surface area (Å²) in [5, 5.41) is 0.495. The Morgan fingerprint density at radius 2 is 1.94 bits per heavy atom. The lowest BCUT2D eigenvalue weighted by Gasteiger charge is -2.39. The quantitative estimate of drug-likeness (QED) is 0.712. The van der Waals surface area contributed by atoms with Gasteiger partial charge >= 0.3 is 0 Å². The van der Waals surface area contributed by atoms with Crippen LogP contribution in [0.5, 0.6) is 0 Å². The number of aryl methyl sites for hydroxylation is 1. The Bertz CT molecular complexity index is 1140. The van der Waals surface area contributed by atoms with Crippen molar-refractivity contribution in [1.29, 1.82) is 0 Å². The van der Waals surface area contributed by atoms with Gasteiger partial charge in [0, 0.05) is 40.0 Å². The molecule has 3 heterocycles. The largest absolute Gasteiger partial charge is 0.368 e. The number of aromatic amines is 1. The van der Waals surface area contributed by atoms with Gasteiger partial charge in [-0.1, -0.05) is 11.6 Å². The average Bonchev–Trinajstić information content (AvgIpc) is 3.13. The van der Waals surface area contributed by atoms with Crippen molar-refractivity contribution in [3.8, 4) is 0 Å². The number of likely N-dealkylation sites (tertiary alicyclic amines) is 1. The van der Waals surface area contributed by atoms with Crippen LogP contribution in [0.15, 0.2) is 16.9 Å². The SMILES string of the molecule is CCN(c1cc(Cl)cc(C(=O)N2Cc3c(c(F)c(C)[nH]c3=O)C2C)c1C)C1CCN(C)CC1. The summed E-state index contributed by atoms with van der Waals surface area (Å²) in [6.07, 6.45) is 2.11. The Kier molecular flexibility index (Phi) is 6.56. The maximum Gasteiger partial charge on any atom is 0.255 e. The van der Waals surface area contributed by atoms with E-state index in [0.29, 0.717) is 27.8 Å². The van der Waals surface area contributed by atoms with Crippen LogP contribution >= 0.6 is 11.6 Å². The highest BCUT2D eigenvalue weighted by molar-refractivity contribution is 6.31. The highest BCUT2D eigenvalue weighted by Gasteiger charge is 2.37. The van der Waals surface area contributed by atoms with Gasteiger partial charge < -0.3 is 19.7 Å². The molecule has 0 bridgehead atoms. The molecule has 33 heavy (non-hydrogen) atoms. The molecule has 0 radical (unpaired) electrons. The Labute approximate surface area is 199 Å². The van der Waals surface area contributed by atoms with Crippen molar-refractivity contribution < 1.29 is 9.18 Å². The summed E-state index contributed by atoms with van der Waals surface area (Å²) in [4.78, 5) is 34.9. The molecule has 178 valence electrons. The summed E-state index contributed by atoms with van der Waals surface area (Å²) >= 11 is 6.51. The average molecular weight is 475 g/mol. The van der Waals surface area contributed by atoms with E-state index in [1.165, 1.54) is 6.92 Å². The summed E-state index contributed by atoms with van der Waals surface area (Å²) in [5.74, 6) is -0.689. The molecule has 1 fully saturated rings. The second kappa shape index (κ2) is 9.11. The number of piperidine rings is 1. The molecule has 2 aromatic rings. The van der Waals surface area contributed by atoms with E-state index < -0.39 is 11.9 Å². The van der Waals surface area contributed by atoms with E-state index in [1.54, 1.807) is 17.9 Å². The highest BCUT2D eigenvalue weighted by atomic mass is 35.5. The molecule has 4 rings (SSSR count). The molecular weight excluding hydrogens is 443 g/mol. The number of halogens is 2. The molecule has 6 nitrogen and oxygen atoms in total. The van der Waals surface area contributed by atoms with Crippen LogP contribution in [0.2, 0.25) is 5.02 Å². The van der Waals surface area contributed by atoms with Gasteiger partial charge in [-0.25, -0.2) is 4.39 Å². The minimum absolute atomic E-state index is 0.0790. The number of rotatable bonds is 4. The molecule has 2 aliphatic rings. The van der Waals surface area contributed by atoms with Gasteiger partial charge in [-0.2, -0.15) is 0 Å². The number of nitrogens with zero attached hydrogens (tertiary/aromatic N) is 3. The first-order chi connectivity index (χ1) is 15.6. The van der Waals surface area contributed by atoms with Crippen molar-refractivity contribution >= 4 is 23.2 Å². The summed E-state index contributed by atoms with van der Waals surface area (Å²) in [6.45, 7) is 10.3. The molecule has 1 unspecified atom stereocenters. The fourth-order valence-electron chi connectivity index (χ4n) is 5.33. The normalized spacial score (nSPS) is 19.1. The number of carbonyl (C=O) groups is 1. The Balaban J connectivity index is 1.69. The fourth-order valence-corrected chi connectivity index (χ4v) is 5.54. The number of hydrogen-bond donors (Lipinski definition) is 1. The van der Waals surface area contributed by atoms with Crippen molar-refractivity contribution in [3.63, 3.8) is 0 Å². The van der Waals surface area contributed by atoms with Crippen molar-refractivity contribution in [1.82, 2.24) is 14.8 Å². The van der Waals surface area contributed by atoms with Crippen LogP contribution in [0.1, 0.15) is 65.5 Å². The van der Waals surface area contributed by atoms with E-state index in [0.717, 1.165) is 43.7 Å². The van der Waals surface area contributed by atoms with Gasteiger partial charge in [0.25, 0.3) is 11.5 Å². The van der Waals surface area contributed by atoms with Gasteiger partial charge in [-0.3, -0.25) is 9.59 Å². The van der Waals surface area contributed by atoms with Crippen LogP contribution in [0.25, 0.3) is 0 Å². The Hall–Kier alpha value is -2.38. The number of fused-ring (bicyclic) bond motifs is 1. The van der Waals surface area contributed by atoms with E-state index in [1.807, 2.05) is 13.0 Å². The molecule has 0 spiro atoms. The van der Waals surface area contributed by atoms with Gasteiger partial charge in [0.05, 0.1) is 18.3 Å². The second-order valence-electron chi connectivity index (χ2n) is 9.31. The minimum atomic E-state index is -0.536. The maximum atomic E-state index is 14.8. The zero-order valence-corrected chi connectivity index (χ0v) is 20.7. The zero-order chi connectivity index (χ0) is 24.0. The lowest BCUT2D eigenvalue weighted by molar-refractivity contribution is 0.0702. The molecule has 1 atom stereocenters. The summed E-state index contributed by atoms with van der Waals surface area (Å²) < 4.78 is 14.8. The minimum Gasteiger partial charge on any atom is -0.368 e. The molecule has 1 N–H and O–H groups in total. The Morgan fingerprint density at radius 1 is 1.27 bits per heavy atom. The molecule has 2 aliphatic heterocycles. The third-order valence-electron chi connectivity index (χ3n) is 7.29. The third-order valence-corrected chi connectivity index (χ3v) is 7.51. The van der Waals surface area contributed by atoms with Crippen LogP contribution in [-0.4, -0.2) is 53.4 Å². The number of carbonyl (C=O) groups excluding carboxylic acids is 1. The van der Waals surface area contributed by atoms with Crippen LogP contribution < -0.4 is 10.5 Å². The van der Waals surface area contributed by atoms with E-state index in [4.69, 9.17) is 11.6 Å². The number of aromatic nitrogens is 1. The first-order valence-corrected chi connectivity index (χ1v) is 12.0. The summed E-state index contributed by atoms with van der Waals surface area (Å²) in [5.41, 5.74) is 2.81. The van der Waals surface area contributed by atoms with E-state index in [9.17, 15) is 14.0 Å². The molecule has 1 aromatic heterocycles. The number of H-pyrrole nitrogens is 1. The molecule has 0 saturated carbocycles. The first-order valence-electron chi connectivity index (χ1n) is 11.6. The molecule has 0 aliphatic carbocycles. The standard InChI is InChI=1S/C25H32ClFN4O2/c1-6-30(18-7-9-29(5)10-8-18)21-12-17(26)11-19(14(21)2)25(33)31-13-20-22(16(31)4)23(27)15(3)28-24(20)32/h11-12,16,18H,6-10,13H2,1-5H3,(H,28,32). The van der Waals surface area contributed by atoms with E-state index in [-0.39, 0.29) is 23.7 Å². The molecule has 1 amide bonds. The number of amides is 1. The molecule has 8 heteroatoms. The second-order valence-corrected chi connectivity index (χ2v) is 9.75. The van der Waals surface area contributed by atoms with Gasteiger partial charge in [0.2, 0.25) is 0 Å². The number of pyridine rings is 1. The smallest absolute Gasteiger partial charge is 0.255 e. The highest BCUT2D eigenvalue weighted by Crippen LogP contribution is 2.37. The molecule has 1 saturated heterocycles. The van der Waals surface area contributed by atoms with Crippen LogP contribution in [0.4, 0.5) is 10.1 Å². The predicted octanol–water partition coefficient (Wildman–Crippen LogP) is 4.42. The van der Waals surface area contributed by atoms with Crippen molar-refractivity contribution in [2.75, 3.05) is 31.6 Å². The topological polar surface area (TPSA) is 59.7 Å². The van der Waals surface area contributed by atoms with Crippen LogP contribution in [0, 0.1) is 19.7 Å². The van der Waals surface area contributed by atoms with Crippen molar-refractivity contribution in [3.05, 3.63) is 61.3 Å². The summed E-state index contributed by atoms with van der Waals surface area (Å²) in [7, 11) is 2.14. The van der Waals surface area contributed by atoms with Crippen LogP contribution in [0.3, 0.4) is 0 Å². The summed E-state index contributed by atoms with van der Waals surface area (Å²) in [6, 6.07) is 3.47. The predicted molar refractivity (Wildman–Crippen MR) is 130 cm³/mol. The number of hydrogen-bond acceptors (Lipinski definition) is 4. The van der Waals surface area contributed by atoms with Gasteiger partial charge in [-0.15, -0.1) is 0 Å². The molecular formula is C25H32ClFN4O2. The van der Waals surface area contributed by atoms with Gasteiger partial charge in [0.1, 0.15) is 5.82 Å². The monoisotopic (exact) mass is 474 g/mol. The van der Waals surface area contributed by atoms with Crippen molar-refractivity contribution in [2.24, 2.45) is 0 Å². The number of benzene rings is 1. The number of nitrogens with one attached hydrogen (secondary N) is 1. The fraction of sp³-hybridized carbons (Fsp3) is 0.520. The number of anilines is 1. The lowest BCUT2D eigenvalue weighted by Crippen LogP contribution is -2.44. The van der Waals surface area contributed by atoms with Gasteiger partial charge in [-0.05, 0) is 78.4 Å². The van der Waals surface area contributed by atoms with Gasteiger partial charge in [0.15, 0.2) is 0 Å².